The molecule has 1 aromatic heterocycles. The summed E-state index contributed by atoms with van der Waals surface area (Å²) < 4.78 is 5.14. The zero-order valence-corrected chi connectivity index (χ0v) is 12.2. The normalized spacial score (nSPS) is 20.5. The number of carbonyl (C=O) groups is 1. The van der Waals surface area contributed by atoms with Gasteiger partial charge in [-0.25, -0.2) is 4.98 Å². The van der Waals surface area contributed by atoms with Gasteiger partial charge in [-0.15, -0.1) is 11.3 Å². The van der Waals surface area contributed by atoms with E-state index in [0.717, 1.165) is 17.0 Å². The van der Waals surface area contributed by atoms with Crippen molar-refractivity contribution in [2.45, 2.75) is 19.3 Å². The molecular formula is C15H16N2O2S. The van der Waals surface area contributed by atoms with Crippen molar-refractivity contribution in [3.05, 3.63) is 40.9 Å². The third-order valence-electron chi connectivity index (χ3n) is 3.52. The van der Waals surface area contributed by atoms with Gasteiger partial charge in [-0.1, -0.05) is 12.1 Å². The smallest absolute Gasteiger partial charge is 0.229 e. The quantitative estimate of drug-likeness (QED) is 0.940. The second kappa shape index (κ2) is 5.25. The van der Waals surface area contributed by atoms with E-state index in [4.69, 9.17) is 4.74 Å². The third kappa shape index (κ3) is 2.67. The fraction of sp³-hybridized carbons (Fsp3) is 0.333. The van der Waals surface area contributed by atoms with Gasteiger partial charge in [0.2, 0.25) is 5.91 Å². The molecule has 1 saturated carbocycles. The summed E-state index contributed by atoms with van der Waals surface area (Å²) >= 11 is 1.50. The SMILES string of the molecule is COc1ccc(C2CC2C(=O)Nc2ncc(C)s2)cc1. The number of anilines is 1. The highest BCUT2D eigenvalue weighted by Crippen LogP contribution is 2.48. The van der Waals surface area contributed by atoms with Gasteiger partial charge in [0.15, 0.2) is 5.13 Å². The Hall–Kier alpha value is -1.88. The van der Waals surface area contributed by atoms with Crippen molar-refractivity contribution in [3.8, 4) is 5.75 Å². The van der Waals surface area contributed by atoms with Gasteiger partial charge in [-0.3, -0.25) is 4.79 Å². The average Bonchev–Trinajstić information content (AvgIpc) is 3.17. The Bertz CT molecular complexity index is 621. The lowest BCUT2D eigenvalue weighted by atomic mass is 10.1. The number of benzene rings is 1. The summed E-state index contributed by atoms with van der Waals surface area (Å²) in [5.41, 5.74) is 1.20. The predicted molar refractivity (Wildman–Crippen MR) is 79.3 cm³/mol. The van der Waals surface area contributed by atoms with E-state index in [-0.39, 0.29) is 11.8 Å². The Kier molecular flexibility index (Phi) is 3.44. The third-order valence-corrected chi connectivity index (χ3v) is 4.35. The van der Waals surface area contributed by atoms with Crippen LogP contribution in [0.15, 0.2) is 30.5 Å². The number of methoxy groups -OCH3 is 1. The molecule has 2 atom stereocenters. The molecule has 1 N–H and O–H groups in total. The molecule has 20 heavy (non-hydrogen) atoms. The van der Waals surface area contributed by atoms with Crippen molar-refractivity contribution in [3.63, 3.8) is 0 Å². The van der Waals surface area contributed by atoms with E-state index in [1.165, 1.54) is 16.9 Å². The van der Waals surface area contributed by atoms with Gasteiger partial charge in [0.05, 0.1) is 7.11 Å². The van der Waals surface area contributed by atoms with Crippen molar-refractivity contribution < 1.29 is 9.53 Å². The molecule has 0 bridgehead atoms. The van der Waals surface area contributed by atoms with Gasteiger partial charge in [0.25, 0.3) is 0 Å². The van der Waals surface area contributed by atoms with E-state index in [1.807, 2.05) is 31.2 Å². The number of rotatable bonds is 4. The Morgan fingerprint density at radius 3 is 2.75 bits per heavy atom. The Morgan fingerprint density at radius 2 is 2.15 bits per heavy atom. The number of ether oxygens (including phenoxy) is 1. The van der Waals surface area contributed by atoms with Crippen LogP contribution in [0, 0.1) is 12.8 Å². The first kappa shape index (κ1) is 13.1. The van der Waals surface area contributed by atoms with Crippen LogP contribution < -0.4 is 10.1 Å². The van der Waals surface area contributed by atoms with E-state index >= 15 is 0 Å². The second-order valence-corrected chi connectivity index (χ2v) is 6.22. The van der Waals surface area contributed by atoms with E-state index in [1.54, 1.807) is 13.3 Å². The van der Waals surface area contributed by atoms with Gasteiger partial charge >= 0.3 is 0 Å². The van der Waals surface area contributed by atoms with E-state index in [9.17, 15) is 4.79 Å². The molecule has 4 nitrogen and oxygen atoms in total. The molecule has 1 heterocycles. The summed E-state index contributed by atoms with van der Waals surface area (Å²) in [4.78, 5) is 17.4. The van der Waals surface area contributed by atoms with Crippen molar-refractivity contribution in [2.24, 2.45) is 5.92 Å². The Balaban J connectivity index is 1.61. The molecule has 0 saturated heterocycles. The number of carbonyl (C=O) groups excluding carboxylic acids is 1. The van der Waals surface area contributed by atoms with E-state index < -0.39 is 0 Å². The number of aromatic nitrogens is 1. The van der Waals surface area contributed by atoms with Gasteiger partial charge in [-0.2, -0.15) is 0 Å². The van der Waals surface area contributed by atoms with Gasteiger partial charge in [-0.05, 0) is 37.0 Å². The molecule has 1 amide bonds. The van der Waals surface area contributed by atoms with Crippen molar-refractivity contribution in [1.29, 1.82) is 0 Å². The van der Waals surface area contributed by atoms with E-state index in [0.29, 0.717) is 11.0 Å². The van der Waals surface area contributed by atoms with Gasteiger partial charge in [0, 0.05) is 17.0 Å². The number of thiazole rings is 1. The first-order chi connectivity index (χ1) is 9.67. The van der Waals surface area contributed by atoms with Gasteiger partial charge in [0.1, 0.15) is 5.75 Å². The molecule has 2 unspecified atom stereocenters. The summed E-state index contributed by atoms with van der Waals surface area (Å²) in [7, 11) is 1.65. The van der Waals surface area contributed by atoms with Crippen molar-refractivity contribution in [1.82, 2.24) is 4.98 Å². The molecule has 3 rings (SSSR count). The van der Waals surface area contributed by atoms with E-state index in [2.05, 4.69) is 10.3 Å². The highest BCUT2D eigenvalue weighted by Gasteiger charge is 2.44. The standard InChI is InChI=1S/C15H16N2O2S/c1-9-8-16-15(20-9)17-14(18)13-7-12(13)10-3-5-11(19-2)6-4-10/h3-6,8,12-13H,7H2,1-2H3,(H,16,17,18). The zero-order chi connectivity index (χ0) is 14.1. The minimum absolute atomic E-state index is 0.0626. The van der Waals surface area contributed by atoms with Crippen LogP contribution in [-0.4, -0.2) is 18.0 Å². The lowest BCUT2D eigenvalue weighted by molar-refractivity contribution is -0.117. The minimum atomic E-state index is 0.0626. The number of nitrogens with one attached hydrogen (secondary N) is 1. The van der Waals surface area contributed by atoms with Crippen molar-refractivity contribution >= 4 is 22.4 Å². The maximum absolute atomic E-state index is 12.1. The number of hydrogen-bond donors (Lipinski definition) is 1. The first-order valence-electron chi connectivity index (χ1n) is 6.54. The molecule has 1 aliphatic carbocycles. The molecule has 1 aromatic carbocycles. The largest absolute Gasteiger partial charge is 0.497 e. The summed E-state index contributed by atoms with van der Waals surface area (Å²) in [6.07, 6.45) is 2.68. The summed E-state index contributed by atoms with van der Waals surface area (Å²) in [5, 5.41) is 3.58. The van der Waals surface area contributed by atoms with Crippen LogP contribution in [0.1, 0.15) is 22.8 Å². The zero-order valence-electron chi connectivity index (χ0n) is 11.4. The molecule has 0 aliphatic heterocycles. The fourth-order valence-electron chi connectivity index (χ4n) is 2.31. The number of nitrogens with zero attached hydrogens (tertiary/aromatic N) is 1. The molecule has 0 spiro atoms. The van der Waals surface area contributed by atoms with Crippen LogP contribution in [-0.2, 0) is 4.79 Å². The van der Waals surface area contributed by atoms with Crippen LogP contribution in [0.2, 0.25) is 0 Å². The highest BCUT2D eigenvalue weighted by molar-refractivity contribution is 7.15. The maximum Gasteiger partial charge on any atom is 0.229 e. The summed E-state index contributed by atoms with van der Waals surface area (Å²) in [6.45, 7) is 1.98. The lowest BCUT2D eigenvalue weighted by Crippen LogP contribution is -2.14. The molecule has 1 fully saturated rings. The van der Waals surface area contributed by atoms with Crippen LogP contribution in [0.3, 0.4) is 0 Å². The summed E-state index contributed by atoms with van der Waals surface area (Å²) in [5.74, 6) is 1.29. The van der Waals surface area contributed by atoms with Gasteiger partial charge < -0.3 is 10.1 Å². The van der Waals surface area contributed by atoms with Crippen LogP contribution in [0.25, 0.3) is 0 Å². The van der Waals surface area contributed by atoms with Crippen LogP contribution in [0.4, 0.5) is 5.13 Å². The monoisotopic (exact) mass is 288 g/mol. The summed E-state index contributed by atoms with van der Waals surface area (Å²) in [6, 6.07) is 7.94. The average molecular weight is 288 g/mol. The number of amides is 1. The number of hydrogen-bond acceptors (Lipinski definition) is 4. The Labute approximate surface area is 121 Å². The lowest BCUT2D eigenvalue weighted by Gasteiger charge is -2.03. The topological polar surface area (TPSA) is 51.2 Å². The molecule has 2 aromatic rings. The van der Waals surface area contributed by atoms with Crippen LogP contribution >= 0.6 is 11.3 Å². The minimum Gasteiger partial charge on any atom is -0.497 e. The highest BCUT2D eigenvalue weighted by atomic mass is 32.1. The molecular weight excluding hydrogens is 272 g/mol. The molecule has 1 aliphatic rings. The Morgan fingerprint density at radius 1 is 1.40 bits per heavy atom. The van der Waals surface area contributed by atoms with Crippen molar-refractivity contribution in [2.75, 3.05) is 12.4 Å². The van der Waals surface area contributed by atoms with Crippen LogP contribution in [0.5, 0.6) is 5.75 Å². The second-order valence-electron chi connectivity index (χ2n) is 4.99. The molecule has 104 valence electrons. The first-order valence-corrected chi connectivity index (χ1v) is 7.36. The molecule has 5 heteroatoms. The number of aryl methyl sites for hydroxylation is 1. The maximum atomic E-state index is 12.1. The predicted octanol–water partition coefficient (Wildman–Crippen LogP) is 3.20. The molecule has 0 radical (unpaired) electrons. The fourth-order valence-corrected chi connectivity index (χ4v) is 2.98.